The molecule has 1 saturated heterocycles. The molecule has 1 aromatic carbocycles. The number of rotatable bonds is 5. The lowest BCUT2D eigenvalue weighted by atomic mass is 10.1. The number of carbonyl (C=O) groups is 1. The third-order valence-corrected chi connectivity index (χ3v) is 4.62. The Morgan fingerprint density at radius 1 is 1.15 bits per heavy atom. The van der Waals surface area contributed by atoms with Crippen LogP contribution < -0.4 is 5.32 Å². The quantitative estimate of drug-likeness (QED) is 0.898. The highest BCUT2D eigenvalue weighted by atomic mass is 16.5. The minimum absolute atomic E-state index is 0.0964. The van der Waals surface area contributed by atoms with E-state index >= 15 is 0 Å². The lowest BCUT2D eigenvalue weighted by molar-refractivity contribution is -0.0705. The first-order chi connectivity index (χ1) is 12.5. The maximum absolute atomic E-state index is 12.3. The first-order valence-corrected chi connectivity index (χ1v) is 9.16. The number of benzene rings is 1. The van der Waals surface area contributed by atoms with E-state index in [0.717, 1.165) is 30.9 Å². The predicted molar refractivity (Wildman–Crippen MR) is 102 cm³/mol. The molecule has 0 spiro atoms. The van der Waals surface area contributed by atoms with E-state index in [0.29, 0.717) is 12.1 Å². The zero-order valence-electron chi connectivity index (χ0n) is 15.7. The van der Waals surface area contributed by atoms with E-state index in [9.17, 15) is 4.79 Å². The maximum atomic E-state index is 12.3. The minimum Gasteiger partial charge on any atom is -0.373 e. The van der Waals surface area contributed by atoms with Gasteiger partial charge in [0, 0.05) is 38.1 Å². The molecule has 5 nitrogen and oxygen atoms in total. The molecule has 2 unspecified atom stereocenters. The van der Waals surface area contributed by atoms with Gasteiger partial charge in [-0.25, -0.2) is 0 Å². The third-order valence-electron chi connectivity index (χ3n) is 4.62. The number of aromatic nitrogens is 1. The number of pyridine rings is 1. The van der Waals surface area contributed by atoms with Crippen LogP contribution in [0.2, 0.25) is 0 Å². The monoisotopic (exact) mass is 353 g/mol. The summed E-state index contributed by atoms with van der Waals surface area (Å²) in [6.07, 6.45) is 2.12. The first-order valence-electron chi connectivity index (χ1n) is 9.16. The van der Waals surface area contributed by atoms with Crippen molar-refractivity contribution in [1.82, 2.24) is 15.2 Å². The van der Waals surface area contributed by atoms with Gasteiger partial charge in [0.05, 0.1) is 17.8 Å². The molecule has 0 aliphatic carbocycles. The van der Waals surface area contributed by atoms with Crippen LogP contribution in [0.3, 0.4) is 0 Å². The molecular formula is C21H27N3O2. The second kappa shape index (κ2) is 8.43. The minimum atomic E-state index is -0.0964. The molecule has 1 aliphatic rings. The normalized spacial score (nSPS) is 20.7. The van der Waals surface area contributed by atoms with Crippen LogP contribution in [-0.4, -0.2) is 41.1 Å². The van der Waals surface area contributed by atoms with Crippen LogP contribution in [0, 0.1) is 6.92 Å². The fraction of sp³-hybridized carbons (Fsp3) is 0.429. The lowest BCUT2D eigenvalue weighted by Crippen LogP contribution is -2.45. The number of carbonyl (C=O) groups excluding carboxylic acids is 1. The zero-order valence-corrected chi connectivity index (χ0v) is 15.7. The Morgan fingerprint density at radius 2 is 1.85 bits per heavy atom. The fourth-order valence-electron chi connectivity index (χ4n) is 3.42. The van der Waals surface area contributed by atoms with Crippen molar-refractivity contribution in [2.75, 3.05) is 13.1 Å². The Kier molecular flexibility index (Phi) is 6.01. The maximum Gasteiger partial charge on any atom is 0.253 e. The van der Waals surface area contributed by atoms with Crippen LogP contribution in [0.25, 0.3) is 0 Å². The molecule has 1 aromatic heterocycles. The molecule has 2 heterocycles. The molecule has 0 bridgehead atoms. The van der Waals surface area contributed by atoms with Gasteiger partial charge in [-0.05, 0) is 44.0 Å². The van der Waals surface area contributed by atoms with E-state index < -0.39 is 0 Å². The first kappa shape index (κ1) is 18.5. The molecular weight excluding hydrogens is 326 g/mol. The second-order valence-electron chi connectivity index (χ2n) is 7.09. The number of ether oxygens (including phenoxy) is 1. The van der Waals surface area contributed by atoms with E-state index in [1.807, 2.05) is 19.1 Å². The van der Waals surface area contributed by atoms with Crippen LogP contribution in [0.4, 0.5) is 0 Å². The smallest absolute Gasteiger partial charge is 0.253 e. The highest BCUT2D eigenvalue weighted by Gasteiger charge is 2.22. The van der Waals surface area contributed by atoms with Gasteiger partial charge in [0.2, 0.25) is 0 Å². The summed E-state index contributed by atoms with van der Waals surface area (Å²) in [4.78, 5) is 18.9. The summed E-state index contributed by atoms with van der Waals surface area (Å²) in [5.74, 6) is -0.0964. The van der Waals surface area contributed by atoms with Gasteiger partial charge < -0.3 is 10.1 Å². The Labute approximate surface area is 155 Å². The highest BCUT2D eigenvalue weighted by Crippen LogP contribution is 2.17. The lowest BCUT2D eigenvalue weighted by Gasteiger charge is -2.35. The molecule has 1 fully saturated rings. The fourth-order valence-corrected chi connectivity index (χ4v) is 3.42. The van der Waals surface area contributed by atoms with Crippen molar-refractivity contribution in [3.8, 4) is 0 Å². The number of nitrogens with one attached hydrogen (secondary N) is 1. The molecule has 3 rings (SSSR count). The molecule has 0 saturated carbocycles. The summed E-state index contributed by atoms with van der Waals surface area (Å²) in [5.41, 5.74) is 3.88. The van der Waals surface area contributed by atoms with Crippen LogP contribution in [0.5, 0.6) is 0 Å². The van der Waals surface area contributed by atoms with Crippen molar-refractivity contribution in [3.05, 3.63) is 65.0 Å². The summed E-state index contributed by atoms with van der Waals surface area (Å²) in [5, 5.41) is 3.01. The van der Waals surface area contributed by atoms with Gasteiger partial charge in [0.1, 0.15) is 0 Å². The summed E-state index contributed by atoms with van der Waals surface area (Å²) in [6.45, 7) is 9.38. The van der Waals surface area contributed by atoms with Gasteiger partial charge in [-0.3, -0.25) is 14.7 Å². The van der Waals surface area contributed by atoms with Crippen molar-refractivity contribution in [2.24, 2.45) is 0 Å². The van der Waals surface area contributed by atoms with Gasteiger partial charge in [-0.15, -0.1) is 0 Å². The molecule has 26 heavy (non-hydrogen) atoms. The van der Waals surface area contributed by atoms with Crippen molar-refractivity contribution >= 4 is 5.91 Å². The van der Waals surface area contributed by atoms with E-state index in [-0.39, 0.29) is 18.1 Å². The van der Waals surface area contributed by atoms with Crippen molar-refractivity contribution < 1.29 is 9.53 Å². The number of hydrogen-bond acceptors (Lipinski definition) is 4. The second-order valence-corrected chi connectivity index (χ2v) is 7.09. The Balaban J connectivity index is 1.63. The molecule has 1 N–H and O–H groups in total. The van der Waals surface area contributed by atoms with Gasteiger partial charge in [-0.1, -0.05) is 24.3 Å². The number of nitrogens with zero attached hydrogens (tertiary/aromatic N) is 2. The average Bonchev–Trinajstić information content (AvgIpc) is 2.60. The SMILES string of the molecule is Cc1ccc(C(=O)NCc2ccccc2CN2CC(C)OC(C)C2)cn1. The predicted octanol–water partition coefficient (Wildman–Crippen LogP) is 2.93. The topological polar surface area (TPSA) is 54.5 Å². The van der Waals surface area contributed by atoms with E-state index in [1.54, 1.807) is 12.3 Å². The molecule has 0 radical (unpaired) electrons. The summed E-state index contributed by atoms with van der Waals surface area (Å²) < 4.78 is 5.82. The summed E-state index contributed by atoms with van der Waals surface area (Å²) in [6, 6.07) is 11.9. The largest absolute Gasteiger partial charge is 0.373 e. The van der Waals surface area contributed by atoms with Crippen LogP contribution in [0.1, 0.15) is 41.0 Å². The molecule has 1 amide bonds. The van der Waals surface area contributed by atoms with Gasteiger partial charge >= 0.3 is 0 Å². The molecule has 2 atom stereocenters. The van der Waals surface area contributed by atoms with Crippen molar-refractivity contribution in [3.63, 3.8) is 0 Å². The van der Waals surface area contributed by atoms with Gasteiger partial charge in [0.25, 0.3) is 5.91 Å². The third kappa shape index (κ3) is 4.90. The van der Waals surface area contributed by atoms with Crippen molar-refractivity contribution in [1.29, 1.82) is 0 Å². The van der Waals surface area contributed by atoms with E-state index in [2.05, 4.69) is 47.2 Å². The standard InChI is InChI=1S/C21H27N3O2/c1-15-8-9-19(11-22-15)21(25)23-10-18-6-4-5-7-20(18)14-24-12-16(2)26-17(3)13-24/h4-9,11,16-17H,10,12-14H2,1-3H3,(H,23,25). The average molecular weight is 353 g/mol. The van der Waals surface area contributed by atoms with E-state index in [4.69, 9.17) is 4.74 Å². The number of amides is 1. The van der Waals surface area contributed by atoms with E-state index in [1.165, 1.54) is 5.56 Å². The molecule has 138 valence electrons. The van der Waals surface area contributed by atoms with Gasteiger partial charge in [0.15, 0.2) is 0 Å². The Morgan fingerprint density at radius 3 is 2.50 bits per heavy atom. The van der Waals surface area contributed by atoms with Crippen LogP contribution in [-0.2, 0) is 17.8 Å². The van der Waals surface area contributed by atoms with Gasteiger partial charge in [-0.2, -0.15) is 0 Å². The van der Waals surface area contributed by atoms with Crippen molar-refractivity contribution in [2.45, 2.75) is 46.1 Å². The number of aryl methyl sites for hydroxylation is 1. The van der Waals surface area contributed by atoms with Crippen LogP contribution >= 0.6 is 0 Å². The number of hydrogen-bond donors (Lipinski definition) is 1. The zero-order chi connectivity index (χ0) is 18.5. The molecule has 2 aromatic rings. The van der Waals surface area contributed by atoms with Crippen LogP contribution in [0.15, 0.2) is 42.6 Å². The summed E-state index contributed by atoms with van der Waals surface area (Å²) in [7, 11) is 0. The number of morpholine rings is 1. The Bertz CT molecular complexity index is 735. The summed E-state index contributed by atoms with van der Waals surface area (Å²) >= 11 is 0. The Hall–Kier alpha value is -2.24. The molecule has 5 heteroatoms. The molecule has 1 aliphatic heterocycles. The highest BCUT2D eigenvalue weighted by molar-refractivity contribution is 5.93.